The van der Waals surface area contributed by atoms with E-state index >= 15 is 0 Å². The summed E-state index contributed by atoms with van der Waals surface area (Å²) in [6.07, 6.45) is -0.258. The minimum atomic E-state index is -0.258. The summed E-state index contributed by atoms with van der Waals surface area (Å²) in [6, 6.07) is 8.17. The van der Waals surface area contributed by atoms with Gasteiger partial charge in [-0.05, 0) is 26.3 Å². The zero-order valence-corrected chi connectivity index (χ0v) is 10.9. The predicted molar refractivity (Wildman–Crippen MR) is 67.8 cm³/mol. The zero-order chi connectivity index (χ0) is 12.5. The molecule has 0 spiro atoms. The Kier molecular flexibility index (Phi) is 6.86. The van der Waals surface area contributed by atoms with Gasteiger partial charge in [-0.25, -0.2) is 0 Å². The van der Waals surface area contributed by atoms with E-state index in [0.29, 0.717) is 19.8 Å². The largest absolute Gasteiger partial charge is 0.377 e. The average Bonchev–Trinajstić information content (AvgIpc) is 2.37. The van der Waals surface area contributed by atoms with Gasteiger partial charge in [-0.2, -0.15) is 0 Å². The first-order chi connectivity index (χ1) is 8.31. The molecule has 96 valence electrons. The maximum Gasteiger partial charge on any atom is 0.183 e. The number of benzene rings is 1. The summed E-state index contributed by atoms with van der Waals surface area (Å²) in [5.74, 6) is 0. The summed E-state index contributed by atoms with van der Waals surface area (Å²) < 4.78 is 16.4. The van der Waals surface area contributed by atoms with Crippen LogP contribution in [-0.2, 0) is 20.8 Å². The highest BCUT2D eigenvalue weighted by Crippen LogP contribution is 2.19. The molecule has 0 saturated heterocycles. The molecule has 0 aliphatic heterocycles. The van der Waals surface area contributed by atoms with Crippen LogP contribution < -0.4 is 0 Å². The standard InChI is InChI=1S/C14H22O3/c1-4-15-11-12-7-9-13(10-8-12)14(16-5-2)17-6-3/h7-10,14H,4-6,11H2,1-3H3. The lowest BCUT2D eigenvalue weighted by Gasteiger charge is -2.17. The van der Waals surface area contributed by atoms with Crippen molar-refractivity contribution in [2.75, 3.05) is 19.8 Å². The molecule has 0 radical (unpaired) electrons. The van der Waals surface area contributed by atoms with Gasteiger partial charge < -0.3 is 14.2 Å². The van der Waals surface area contributed by atoms with E-state index in [1.54, 1.807) is 0 Å². The molecular formula is C14H22O3. The van der Waals surface area contributed by atoms with Crippen LogP contribution in [0.25, 0.3) is 0 Å². The molecule has 0 aromatic heterocycles. The molecule has 1 aromatic carbocycles. The van der Waals surface area contributed by atoms with Crippen LogP contribution in [0.1, 0.15) is 38.2 Å². The van der Waals surface area contributed by atoms with Crippen molar-refractivity contribution in [3.05, 3.63) is 35.4 Å². The van der Waals surface area contributed by atoms with Gasteiger partial charge in [0.15, 0.2) is 6.29 Å². The van der Waals surface area contributed by atoms with E-state index in [4.69, 9.17) is 14.2 Å². The van der Waals surface area contributed by atoms with Gasteiger partial charge in [-0.1, -0.05) is 24.3 Å². The zero-order valence-electron chi connectivity index (χ0n) is 10.9. The van der Waals surface area contributed by atoms with Crippen LogP contribution in [0.15, 0.2) is 24.3 Å². The van der Waals surface area contributed by atoms with E-state index in [0.717, 1.165) is 12.2 Å². The van der Waals surface area contributed by atoms with Crippen LogP contribution >= 0.6 is 0 Å². The Hall–Kier alpha value is -0.900. The Morgan fingerprint density at radius 3 is 1.94 bits per heavy atom. The number of ether oxygens (including phenoxy) is 3. The average molecular weight is 238 g/mol. The fourth-order valence-electron chi connectivity index (χ4n) is 1.53. The lowest BCUT2D eigenvalue weighted by atomic mass is 10.1. The van der Waals surface area contributed by atoms with E-state index in [9.17, 15) is 0 Å². The van der Waals surface area contributed by atoms with Gasteiger partial charge in [0, 0.05) is 25.4 Å². The van der Waals surface area contributed by atoms with Crippen molar-refractivity contribution in [3.8, 4) is 0 Å². The second-order valence-corrected chi connectivity index (χ2v) is 3.62. The Labute approximate surface area is 104 Å². The first-order valence-corrected chi connectivity index (χ1v) is 6.21. The molecule has 0 N–H and O–H groups in total. The van der Waals surface area contributed by atoms with Crippen molar-refractivity contribution < 1.29 is 14.2 Å². The number of hydrogen-bond acceptors (Lipinski definition) is 3. The van der Waals surface area contributed by atoms with Gasteiger partial charge in [0.1, 0.15) is 0 Å². The summed E-state index contributed by atoms with van der Waals surface area (Å²) in [6.45, 7) is 8.61. The molecule has 0 atom stereocenters. The van der Waals surface area contributed by atoms with Crippen molar-refractivity contribution in [3.63, 3.8) is 0 Å². The predicted octanol–water partition coefficient (Wildman–Crippen LogP) is 3.29. The minimum Gasteiger partial charge on any atom is -0.377 e. The van der Waals surface area contributed by atoms with E-state index < -0.39 is 0 Å². The SMILES string of the molecule is CCOCc1ccc(C(OCC)OCC)cc1. The molecule has 0 fully saturated rings. The summed E-state index contributed by atoms with van der Waals surface area (Å²) in [5, 5.41) is 0. The lowest BCUT2D eigenvalue weighted by Crippen LogP contribution is -2.08. The van der Waals surface area contributed by atoms with Crippen molar-refractivity contribution in [2.24, 2.45) is 0 Å². The van der Waals surface area contributed by atoms with Gasteiger partial charge in [0.05, 0.1) is 6.61 Å². The molecule has 0 amide bonds. The molecule has 1 rings (SSSR count). The third-order valence-electron chi connectivity index (χ3n) is 2.36. The van der Waals surface area contributed by atoms with Crippen molar-refractivity contribution >= 4 is 0 Å². The van der Waals surface area contributed by atoms with E-state index in [1.807, 2.05) is 32.9 Å². The third-order valence-corrected chi connectivity index (χ3v) is 2.36. The molecule has 0 aliphatic rings. The van der Waals surface area contributed by atoms with Crippen molar-refractivity contribution in [1.29, 1.82) is 0 Å². The molecule has 3 nitrogen and oxygen atoms in total. The van der Waals surface area contributed by atoms with Crippen molar-refractivity contribution in [1.82, 2.24) is 0 Å². The van der Waals surface area contributed by atoms with Crippen molar-refractivity contribution in [2.45, 2.75) is 33.7 Å². The van der Waals surface area contributed by atoms with Gasteiger partial charge in [0.2, 0.25) is 0 Å². The van der Waals surface area contributed by atoms with Gasteiger partial charge in [0.25, 0.3) is 0 Å². The lowest BCUT2D eigenvalue weighted by molar-refractivity contribution is -0.140. The van der Waals surface area contributed by atoms with Crippen LogP contribution in [0.2, 0.25) is 0 Å². The van der Waals surface area contributed by atoms with E-state index in [1.165, 1.54) is 5.56 Å². The summed E-state index contributed by atoms with van der Waals surface area (Å²) in [5.41, 5.74) is 2.22. The van der Waals surface area contributed by atoms with E-state index in [2.05, 4.69) is 12.1 Å². The molecule has 0 unspecified atom stereocenters. The van der Waals surface area contributed by atoms with E-state index in [-0.39, 0.29) is 6.29 Å². The molecule has 17 heavy (non-hydrogen) atoms. The highest BCUT2D eigenvalue weighted by molar-refractivity contribution is 5.23. The van der Waals surface area contributed by atoms with Crippen LogP contribution in [0.4, 0.5) is 0 Å². The highest BCUT2D eigenvalue weighted by Gasteiger charge is 2.10. The topological polar surface area (TPSA) is 27.7 Å². The molecule has 3 heteroatoms. The number of hydrogen-bond donors (Lipinski definition) is 0. The first kappa shape index (κ1) is 14.2. The molecule has 0 heterocycles. The van der Waals surface area contributed by atoms with Gasteiger partial charge in [-0.3, -0.25) is 0 Å². The molecule has 0 aliphatic carbocycles. The number of rotatable bonds is 8. The maximum absolute atomic E-state index is 5.54. The Morgan fingerprint density at radius 2 is 1.47 bits per heavy atom. The molecular weight excluding hydrogens is 216 g/mol. The summed E-state index contributed by atoms with van der Waals surface area (Å²) in [4.78, 5) is 0. The molecule has 1 aromatic rings. The monoisotopic (exact) mass is 238 g/mol. The Bertz CT molecular complexity index is 289. The highest BCUT2D eigenvalue weighted by atomic mass is 16.7. The molecule has 0 saturated carbocycles. The Morgan fingerprint density at radius 1 is 0.882 bits per heavy atom. The maximum atomic E-state index is 5.54. The third kappa shape index (κ3) is 4.86. The summed E-state index contributed by atoms with van der Waals surface area (Å²) in [7, 11) is 0. The Balaban J connectivity index is 2.63. The second kappa shape index (κ2) is 8.23. The quantitative estimate of drug-likeness (QED) is 0.650. The van der Waals surface area contributed by atoms with Gasteiger partial charge in [-0.15, -0.1) is 0 Å². The fourth-order valence-corrected chi connectivity index (χ4v) is 1.53. The summed E-state index contributed by atoms with van der Waals surface area (Å²) >= 11 is 0. The van der Waals surface area contributed by atoms with Crippen LogP contribution in [0.5, 0.6) is 0 Å². The fraction of sp³-hybridized carbons (Fsp3) is 0.571. The normalized spacial score (nSPS) is 11.1. The minimum absolute atomic E-state index is 0.258. The smallest absolute Gasteiger partial charge is 0.183 e. The van der Waals surface area contributed by atoms with Gasteiger partial charge >= 0.3 is 0 Å². The second-order valence-electron chi connectivity index (χ2n) is 3.62. The van der Waals surface area contributed by atoms with Crippen LogP contribution in [0, 0.1) is 0 Å². The molecule has 0 bridgehead atoms. The first-order valence-electron chi connectivity index (χ1n) is 6.21. The van der Waals surface area contributed by atoms with Crippen LogP contribution in [-0.4, -0.2) is 19.8 Å². The van der Waals surface area contributed by atoms with Crippen LogP contribution in [0.3, 0.4) is 0 Å².